The fraction of sp³-hybridized carbons (Fsp3) is 0.550. The zero-order valence-electron chi connectivity index (χ0n) is 15.4. The molecule has 0 saturated carbocycles. The second-order valence-electron chi connectivity index (χ2n) is 7.40. The Balaban J connectivity index is 1.36. The van der Waals surface area contributed by atoms with Crippen LogP contribution in [0.3, 0.4) is 0 Å². The first-order valence-corrected chi connectivity index (χ1v) is 9.65. The highest BCUT2D eigenvalue weighted by atomic mass is 16.4. The maximum absolute atomic E-state index is 12.7. The largest absolute Gasteiger partial charge is 0.403 e. The normalized spacial score (nSPS) is 19.0. The van der Waals surface area contributed by atoms with Gasteiger partial charge in [0.25, 0.3) is 0 Å². The molecule has 3 heterocycles. The van der Waals surface area contributed by atoms with Gasteiger partial charge in [-0.05, 0) is 51.2 Å². The molecule has 4 rings (SSSR count). The maximum Gasteiger partial charge on any atom is 0.318 e. The lowest BCUT2D eigenvalue weighted by molar-refractivity contribution is -0.137. The second kappa shape index (κ2) is 7.48. The van der Waals surface area contributed by atoms with E-state index in [4.69, 9.17) is 4.42 Å². The second-order valence-corrected chi connectivity index (χ2v) is 7.40. The van der Waals surface area contributed by atoms with Crippen LogP contribution in [0.25, 0.3) is 11.5 Å². The molecule has 2 aromatic rings. The number of anilines is 1. The molecule has 0 spiro atoms. The minimum atomic E-state index is 0.142. The summed E-state index contributed by atoms with van der Waals surface area (Å²) in [7, 11) is 0. The van der Waals surface area contributed by atoms with Gasteiger partial charge in [0.1, 0.15) is 0 Å². The van der Waals surface area contributed by atoms with Gasteiger partial charge in [-0.15, -0.1) is 5.10 Å². The van der Waals surface area contributed by atoms with E-state index < -0.39 is 0 Å². The van der Waals surface area contributed by atoms with Crippen LogP contribution in [0.4, 0.5) is 6.01 Å². The molecular weight excluding hydrogens is 328 g/mol. The van der Waals surface area contributed by atoms with Gasteiger partial charge in [0.2, 0.25) is 11.8 Å². The number of piperidine rings is 2. The summed E-state index contributed by atoms with van der Waals surface area (Å²) in [5.41, 5.74) is 2.14. The van der Waals surface area contributed by atoms with Crippen molar-refractivity contribution in [2.24, 2.45) is 5.92 Å². The van der Waals surface area contributed by atoms with Gasteiger partial charge in [0.15, 0.2) is 0 Å². The van der Waals surface area contributed by atoms with Crippen LogP contribution in [0.15, 0.2) is 28.7 Å². The topological polar surface area (TPSA) is 62.5 Å². The van der Waals surface area contributed by atoms with Crippen LogP contribution in [0.2, 0.25) is 0 Å². The molecule has 2 aliphatic heterocycles. The first-order valence-electron chi connectivity index (χ1n) is 9.65. The Bertz CT molecular complexity index is 741. The van der Waals surface area contributed by atoms with E-state index in [0.717, 1.165) is 57.4 Å². The summed E-state index contributed by atoms with van der Waals surface area (Å²) in [6.45, 7) is 5.50. The number of likely N-dealkylation sites (tertiary alicyclic amines) is 1. The number of aromatic nitrogens is 2. The monoisotopic (exact) mass is 354 g/mol. The molecule has 0 bridgehead atoms. The Hall–Kier alpha value is -2.37. The first kappa shape index (κ1) is 17.1. The van der Waals surface area contributed by atoms with Crippen molar-refractivity contribution in [3.8, 4) is 11.5 Å². The highest BCUT2D eigenvalue weighted by Gasteiger charge is 2.30. The highest BCUT2D eigenvalue weighted by molar-refractivity contribution is 5.79. The Labute approximate surface area is 154 Å². The number of nitrogens with zero attached hydrogens (tertiary/aromatic N) is 4. The average Bonchev–Trinajstić information content (AvgIpc) is 3.19. The standard InChI is InChI=1S/C20H26N4O2/c1-15-5-7-16(8-6-15)18-21-22-20(26-18)24-13-9-17(10-14-24)19(25)23-11-3-2-4-12-23/h5-8,17H,2-4,9-14H2,1H3. The third-order valence-corrected chi connectivity index (χ3v) is 5.50. The Kier molecular flexibility index (Phi) is 4.91. The van der Waals surface area contributed by atoms with E-state index in [-0.39, 0.29) is 5.92 Å². The SMILES string of the molecule is Cc1ccc(-c2nnc(N3CCC(C(=O)N4CCCCC4)CC3)o2)cc1. The van der Waals surface area contributed by atoms with Gasteiger partial charge in [-0.2, -0.15) is 0 Å². The fourth-order valence-corrected chi connectivity index (χ4v) is 3.85. The fourth-order valence-electron chi connectivity index (χ4n) is 3.85. The lowest BCUT2D eigenvalue weighted by Crippen LogP contribution is -2.44. The molecule has 2 aliphatic rings. The number of rotatable bonds is 3. The third kappa shape index (κ3) is 3.59. The molecule has 138 valence electrons. The lowest BCUT2D eigenvalue weighted by Gasteiger charge is -2.34. The van der Waals surface area contributed by atoms with Gasteiger partial charge < -0.3 is 14.2 Å². The van der Waals surface area contributed by atoms with Crippen LogP contribution in [-0.2, 0) is 4.79 Å². The van der Waals surface area contributed by atoms with Gasteiger partial charge in [-0.1, -0.05) is 22.8 Å². The maximum atomic E-state index is 12.7. The van der Waals surface area contributed by atoms with Crippen molar-refractivity contribution in [2.45, 2.75) is 39.0 Å². The summed E-state index contributed by atoms with van der Waals surface area (Å²) in [6, 6.07) is 8.63. The first-order chi connectivity index (χ1) is 12.7. The van der Waals surface area contributed by atoms with E-state index in [1.165, 1.54) is 12.0 Å². The predicted octanol–water partition coefficient (Wildman–Crippen LogP) is 3.27. The van der Waals surface area contributed by atoms with Crippen molar-refractivity contribution in [1.29, 1.82) is 0 Å². The van der Waals surface area contributed by atoms with Crippen molar-refractivity contribution in [1.82, 2.24) is 15.1 Å². The van der Waals surface area contributed by atoms with Crippen LogP contribution in [0.5, 0.6) is 0 Å². The Morgan fingerprint density at radius 2 is 1.69 bits per heavy atom. The Morgan fingerprint density at radius 1 is 1.00 bits per heavy atom. The van der Waals surface area contributed by atoms with Crippen LogP contribution in [0, 0.1) is 12.8 Å². The molecule has 6 nitrogen and oxygen atoms in total. The molecule has 0 N–H and O–H groups in total. The molecular formula is C20H26N4O2. The van der Waals surface area contributed by atoms with Crippen LogP contribution < -0.4 is 4.90 Å². The van der Waals surface area contributed by atoms with E-state index in [0.29, 0.717) is 17.8 Å². The highest BCUT2D eigenvalue weighted by Crippen LogP contribution is 2.27. The molecule has 0 aliphatic carbocycles. The van der Waals surface area contributed by atoms with Crippen LogP contribution in [0.1, 0.15) is 37.7 Å². The quantitative estimate of drug-likeness (QED) is 0.846. The molecule has 1 amide bonds. The smallest absolute Gasteiger partial charge is 0.318 e. The summed E-state index contributed by atoms with van der Waals surface area (Å²) >= 11 is 0. The van der Waals surface area contributed by atoms with E-state index in [2.05, 4.69) is 26.9 Å². The van der Waals surface area contributed by atoms with Gasteiger partial charge in [-0.3, -0.25) is 4.79 Å². The Morgan fingerprint density at radius 3 is 2.38 bits per heavy atom. The number of benzene rings is 1. The summed E-state index contributed by atoms with van der Waals surface area (Å²) in [5.74, 6) is 1.03. The third-order valence-electron chi connectivity index (χ3n) is 5.50. The number of carbonyl (C=O) groups excluding carboxylic acids is 1. The number of hydrogen-bond donors (Lipinski definition) is 0. The molecule has 1 aromatic heterocycles. The number of aryl methyl sites for hydroxylation is 1. The molecule has 6 heteroatoms. The van der Waals surface area contributed by atoms with E-state index in [9.17, 15) is 4.79 Å². The van der Waals surface area contributed by atoms with Crippen LogP contribution >= 0.6 is 0 Å². The minimum absolute atomic E-state index is 0.142. The number of carbonyl (C=O) groups is 1. The lowest BCUT2D eigenvalue weighted by atomic mass is 9.94. The van der Waals surface area contributed by atoms with E-state index in [1.54, 1.807) is 0 Å². The molecule has 0 atom stereocenters. The molecule has 2 saturated heterocycles. The van der Waals surface area contributed by atoms with Crippen LogP contribution in [-0.4, -0.2) is 47.2 Å². The van der Waals surface area contributed by atoms with Crippen molar-refractivity contribution in [2.75, 3.05) is 31.1 Å². The zero-order chi connectivity index (χ0) is 17.9. The molecule has 0 radical (unpaired) electrons. The zero-order valence-corrected chi connectivity index (χ0v) is 15.4. The number of hydrogen-bond acceptors (Lipinski definition) is 5. The predicted molar refractivity (Wildman–Crippen MR) is 99.8 cm³/mol. The molecule has 0 unspecified atom stereocenters. The molecule has 26 heavy (non-hydrogen) atoms. The molecule has 2 fully saturated rings. The van der Waals surface area contributed by atoms with Crippen molar-refractivity contribution in [3.05, 3.63) is 29.8 Å². The summed E-state index contributed by atoms with van der Waals surface area (Å²) < 4.78 is 5.87. The van der Waals surface area contributed by atoms with Gasteiger partial charge in [0, 0.05) is 37.7 Å². The van der Waals surface area contributed by atoms with Crippen molar-refractivity contribution >= 4 is 11.9 Å². The van der Waals surface area contributed by atoms with Gasteiger partial charge >= 0.3 is 6.01 Å². The minimum Gasteiger partial charge on any atom is -0.403 e. The number of amides is 1. The summed E-state index contributed by atoms with van der Waals surface area (Å²) in [5, 5.41) is 8.40. The van der Waals surface area contributed by atoms with Crippen molar-refractivity contribution in [3.63, 3.8) is 0 Å². The average molecular weight is 354 g/mol. The van der Waals surface area contributed by atoms with Gasteiger partial charge in [-0.25, -0.2) is 0 Å². The van der Waals surface area contributed by atoms with E-state index in [1.807, 2.05) is 24.3 Å². The molecule has 1 aromatic carbocycles. The van der Waals surface area contributed by atoms with E-state index >= 15 is 0 Å². The summed E-state index contributed by atoms with van der Waals surface area (Å²) in [6.07, 6.45) is 5.26. The summed E-state index contributed by atoms with van der Waals surface area (Å²) in [4.78, 5) is 16.8. The van der Waals surface area contributed by atoms with Crippen molar-refractivity contribution < 1.29 is 9.21 Å². The van der Waals surface area contributed by atoms with Gasteiger partial charge in [0.05, 0.1) is 0 Å².